The zero-order valence-corrected chi connectivity index (χ0v) is 19.0. The molecule has 31 heavy (non-hydrogen) atoms. The molecule has 162 valence electrons. The number of fused-ring (bicyclic) bond motifs is 3. The summed E-state index contributed by atoms with van der Waals surface area (Å²) in [6, 6.07) is 16.8. The molecule has 2 heterocycles. The number of hydrogen-bond donors (Lipinski definition) is 1. The highest BCUT2D eigenvalue weighted by atomic mass is 16.1. The van der Waals surface area contributed by atoms with Crippen LogP contribution in [0.5, 0.6) is 0 Å². The summed E-state index contributed by atoms with van der Waals surface area (Å²) < 4.78 is 3.54. The van der Waals surface area contributed by atoms with E-state index in [0.717, 1.165) is 17.8 Å². The first-order chi connectivity index (χ1) is 14.9. The quantitative estimate of drug-likeness (QED) is 0.488. The van der Waals surface area contributed by atoms with E-state index in [4.69, 9.17) is 0 Å². The Hall–Kier alpha value is -2.99. The van der Waals surface area contributed by atoms with Crippen LogP contribution in [0.25, 0.3) is 16.7 Å². The Balaban J connectivity index is 1.65. The van der Waals surface area contributed by atoms with Gasteiger partial charge in [0.05, 0.1) is 17.4 Å². The summed E-state index contributed by atoms with van der Waals surface area (Å²) in [5, 5.41) is 13.1. The molecule has 0 saturated carbocycles. The van der Waals surface area contributed by atoms with Gasteiger partial charge in [0.15, 0.2) is 5.82 Å². The van der Waals surface area contributed by atoms with E-state index in [1.165, 1.54) is 11.1 Å². The number of benzene rings is 2. The SMILES string of the molecule is CC(C)Cc1ccc(C(NCc2nnc3n(C)c(=O)c4ccccc4n23)C(C)C)cc1. The minimum absolute atomic E-state index is 0.0587. The first-order valence-electron chi connectivity index (χ1n) is 11.0. The molecule has 0 aliphatic heterocycles. The van der Waals surface area contributed by atoms with Crippen LogP contribution in [0.2, 0.25) is 0 Å². The lowest BCUT2D eigenvalue weighted by atomic mass is 9.94. The summed E-state index contributed by atoms with van der Waals surface area (Å²) in [6.07, 6.45) is 1.09. The summed E-state index contributed by atoms with van der Waals surface area (Å²) in [5.41, 5.74) is 3.42. The molecule has 2 aromatic carbocycles. The van der Waals surface area contributed by atoms with Crippen LogP contribution in [-0.2, 0) is 20.0 Å². The van der Waals surface area contributed by atoms with E-state index in [0.29, 0.717) is 29.5 Å². The van der Waals surface area contributed by atoms with E-state index in [1.54, 1.807) is 11.6 Å². The average molecular weight is 418 g/mol. The molecule has 0 saturated heterocycles. The van der Waals surface area contributed by atoms with Gasteiger partial charge in [0.25, 0.3) is 5.56 Å². The van der Waals surface area contributed by atoms with Gasteiger partial charge in [-0.15, -0.1) is 10.2 Å². The summed E-state index contributed by atoms with van der Waals surface area (Å²) in [6.45, 7) is 9.49. The lowest BCUT2D eigenvalue weighted by Crippen LogP contribution is -2.27. The predicted molar refractivity (Wildman–Crippen MR) is 125 cm³/mol. The normalized spacial score (nSPS) is 13.0. The fourth-order valence-corrected chi connectivity index (χ4v) is 4.28. The van der Waals surface area contributed by atoms with E-state index < -0.39 is 0 Å². The predicted octanol–water partition coefficient (Wildman–Crippen LogP) is 4.27. The minimum atomic E-state index is -0.0587. The van der Waals surface area contributed by atoms with Crippen LogP contribution in [0.4, 0.5) is 0 Å². The Labute approximate surface area is 182 Å². The Morgan fingerprint density at radius 2 is 1.68 bits per heavy atom. The van der Waals surface area contributed by atoms with Gasteiger partial charge in [0.2, 0.25) is 5.78 Å². The van der Waals surface area contributed by atoms with Crippen LogP contribution in [0.15, 0.2) is 53.3 Å². The van der Waals surface area contributed by atoms with Gasteiger partial charge in [-0.05, 0) is 41.5 Å². The Bertz CT molecular complexity index is 1250. The molecule has 0 aliphatic carbocycles. The zero-order chi connectivity index (χ0) is 22.1. The van der Waals surface area contributed by atoms with Crippen LogP contribution in [0.3, 0.4) is 0 Å². The molecule has 4 rings (SSSR count). The Kier molecular flexibility index (Phi) is 5.92. The minimum Gasteiger partial charge on any atom is -0.303 e. The lowest BCUT2D eigenvalue weighted by Gasteiger charge is -2.23. The van der Waals surface area contributed by atoms with Gasteiger partial charge in [-0.2, -0.15) is 0 Å². The van der Waals surface area contributed by atoms with E-state index in [-0.39, 0.29) is 11.6 Å². The van der Waals surface area contributed by atoms with Gasteiger partial charge < -0.3 is 5.32 Å². The van der Waals surface area contributed by atoms with Crippen molar-refractivity contribution in [2.75, 3.05) is 0 Å². The molecule has 0 amide bonds. The fourth-order valence-electron chi connectivity index (χ4n) is 4.28. The van der Waals surface area contributed by atoms with Crippen molar-refractivity contribution in [3.8, 4) is 0 Å². The van der Waals surface area contributed by atoms with Gasteiger partial charge in [-0.25, -0.2) is 0 Å². The molecule has 1 unspecified atom stereocenters. The molecule has 0 fully saturated rings. The van der Waals surface area contributed by atoms with Crippen LogP contribution < -0.4 is 10.9 Å². The highest BCUT2D eigenvalue weighted by molar-refractivity contribution is 5.80. The first-order valence-corrected chi connectivity index (χ1v) is 11.0. The lowest BCUT2D eigenvalue weighted by molar-refractivity contribution is 0.405. The second-order valence-corrected chi connectivity index (χ2v) is 9.08. The Morgan fingerprint density at radius 3 is 2.35 bits per heavy atom. The van der Waals surface area contributed by atoms with Gasteiger partial charge in [-0.3, -0.25) is 13.8 Å². The standard InChI is InChI=1S/C25H31N5O/c1-16(2)14-18-10-12-19(13-11-18)23(17(3)4)26-15-22-27-28-25-29(5)24(31)20-8-6-7-9-21(20)30(22)25/h6-13,16-17,23,26H,14-15H2,1-5H3. The molecule has 1 atom stereocenters. The van der Waals surface area contributed by atoms with E-state index in [2.05, 4.69) is 67.5 Å². The summed E-state index contributed by atoms with van der Waals surface area (Å²) in [5.74, 6) is 2.41. The van der Waals surface area contributed by atoms with Crippen molar-refractivity contribution in [2.24, 2.45) is 18.9 Å². The molecule has 0 radical (unpaired) electrons. The first kappa shape index (κ1) is 21.2. The van der Waals surface area contributed by atoms with Crippen LogP contribution in [-0.4, -0.2) is 19.2 Å². The summed E-state index contributed by atoms with van der Waals surface area (Å²) in [7, 11) is 1.74. The molecule has 6 heteroatoms. The summed E-state index contributed by atoms with van der Waals surface area (Å²) >= 11 is 0. The van der Waals surface area contributed by atoms with Crippen molar-refractivity contribution in [2.45, 2.75) is 46.7 Å². The largest absolute Gasteiger partial charge is 0.303 e. The highest BCUT2D eigenvalue weighted by Gasteiger charge is 2.19. The maximum atomic E-state index is 12.7. The molecular weight excluding hydrogens is 386 g/mol. The third kappa shape index (κ3) is 4.12. The number of rotatable bonds is 7. The molecule has 1 N–H and O–H groups in total. The summed E-state index contributed by atoms with van der Waals surface area (Å²) in [4.78, 5) is 12.7. The highest BCUT2D eigenvalue weighted by Crippen LogP contribution is 2.24. The number of nitrogens with zero attached hydrogens (tertiary/aromatic N) is 4. The molecule has 0 bridgehead atoms. The maximum Gasteiger partial charge on any atom is 0.262 e. The van der Waals surface area contributed by atoms with E-state index in [1.807, 2.05) is 28.7 Å². The topological polar surface area (TPSA) is 64.2 Å². The molecule has 2 aromatic heterocycles. The third-order valence-electron chi connectivity index (χ3n) is 5.82. The number of aryl methyl sites for hydroxylation is 1. The monoisotopic (exact) mass is 417 g/mol. The van der Waals surface area contributed by atoms with Crippen LogP contribution in [0.1, 0.15) is 50.7 Å². The number of aromatic nitrogens is 4. The molecular formula is C25H31N5O. The zero-order valence-electron chi connectivity index (χ0n) is 19.0. The van der Waals surface area contributed by atoms with Gasteiger partial charge in [0, 0.05) is 13.1 Å². The van der Waals surface area contributed by atoms with Gasteiger partial charge in [0.1, 0.15) is 0 Å². The third-order valence-corrected chi connectivity index (χ3v) is 5.82. The number of hydrogen-bond acceptors (Lipinski definition) is 4. The van der Waals surface area contributed by atoms with Gasteiger partial charge >= 0.3 is 0 Å². The van der Waals surface area contributed by atoms with Crippen molar-refractivity contribution in [1.29, 1.82) is 0 Å². The second-order valence-electron chi connectivity index (χ2n) is 9.08. The average Bonchev–Trinajstić information content (AvgIpc) is 3.17. The number of nitrogens with one attached hydrogen (secondary N) is 1. The van der Waals surface area contributed by atoms with Crippen molar-refractivity contribution < 1.29 is 0 Å². The van der Waals surface area contributed by atoms with Crippen LogP contribution in [0, 0.1) is 11.8 Å². The van der Waals surface area contributed by atoms with E-state index in [9.17, 15) is 4.79 Å². The number of para-hydroxylation sites is 1. The molecule has 0 aliphatic rings. The fraction of sp³-hybridized carbons (Fsp3) is 0.400. The second kappa shape index (κ2) is 8.63. The van der Waals surface area contributed by atoms with Crippen molar-refractivity contribution in [3.05, 3.63) is 75.8 Å². The molecule has 6 nitrogen and oxygen atoms in total. The van der Waals surface area contributed by atoms with E-state index >= 15 is 0 Å². The molecule has 4 aromatic rings. The molecule has 0 spiro atoms. The van der Waals surface area contributed by atoms with Crippen molar-refractivity contribution >= 4 is 16.7 Å². The van der Waals surface area contributed by atoms with Gasteiger partial charge in [-0.1, -0.05) is 64.1 Å². The smallest absolute Gasteiger partial charge is 0.262 e. The Morgan fingerprint density at radius 1 is 0.968 bits per heavy atom. The van der Waals surface area contributed by atoms with Crippen molar-refractivity contribution in [1.82, 2.24) is 24.5 Å². The van der Waals surface area contributed by atoms with Crippen LogP contribution >= 0.6 is 0 Å². The maximum absolute atomic E-state index is 12.7. The van der Waals surface area contributed by atoms with Crippen molar-refractivity contribution in [3.63, 3.8) is 0 Å².